The van der Waals surface area contributed by atoms with Gasteiger partial charge in [-0.1, -0.05) is 13.0 Å². The highest BCUT2D eigenvalue weighted by Gasteiger charge is 2.22. The highest BCUT2D eigenvalue weighted by atomic mass is 19.3. The number of hydrogen-bond acceptors (Lipinski definition) is 5. The van der Waals surface area contributed by atoms with E-state index in [2.05, 4.69) is 11.9 Å². The first-order valence-corrected chi connectivity index (χ1v) is 12.4. The Balaban J connectivity index is 0.00000134. The number of carbonyl (C=O) groups is 1. The van der Waals surface area contributed by atoms with Gasteiger partial charge in [-0.2, -0.15) is 0 Å². The van der Waals surface area contributed by atoms with Crippen LogP contribution in [-0.2, 0) is 24.2 Å². The largest absolute Gasteiger partial charge is 0.490 e. The van der Waals surface area contributed by atoms with E-state index in [0.717, 1.165) is 30.5 Å². The molecule has 1 unspecified atom stereocenters. The van der Waals surface area contributed by atoms with E-state index in [-0.39, 0.29) is 48.5 Å². The number of carboxylic acid groups (broad SMARTS) is 1. The van der Waals surface area contributed by atoms with Crippen molar-refractivity contribution in [3.05, 3.63) is 76.5 Å². The molecule has 4 rings (SSSR count). The van der Waals surface area contributed by atoms with Crippen molar-refractivity contribution in [1.29, 1.82) is 0 Å². The molecule has 210 valence electrons. The number of pyridine rings is 1. The first-order chi connectivity index (χ1) is 18.4. The summed E-state index contributed by atoms with van der Waals surface area (Å²) in [5, 5.41) is 16.7. The molecule has 1 aliphatic rings. The number of aromatic nitrogens is 1. The van der Waals surface area contributed by atoms with Crippen LogP contribution in [0.15, 0.2) is 42.6 Å². The third-order valence-corrected chi connectivity index (χ3v) is 6.24. The van der Waals surface area contributed by atoms with E-state index in [1.54, 1.807) is 20.0 Å². The fourth-order valence-electron chi connectivity index (χ4n) is 4.30. The SMILES string of the molecule is CC1Cc2cnc(OCc3cc(-c4ccc(OCCC(C)(C)O)c(F)c4)c(C(F)F)cc3F)cc2C1.O=CO. The molecule has 2 N–H and O–H groups in total. The number of ether oxygens (including phenoxy) is 2. The van der Waals surface area contributed by atoms with Crippen molar-refractivity contribution >= 4 is 6.47 Å². The maximum Gasteiger partial charge on any atom is 0.290 e. The van der Waals surface area contributed by atoms with Crippen LogP contribution in [0.25, 0.3) is 11.1 Å². The summed E-state index contributed by atoms with van der Waals surface area (Å²) in [7, 11) is 0. The Labute approximate surface area is 224 Å². The van der Waals surface area contributed by atoms with Gasteiger partial charge in [-0.25, -0.2) is 22.5 Å². The number of fused-ring (bicyclic) bond motifs is 1. The molecule has 0 bridgehead atoms. The van der Waals surface area contributed by atoms with Crippen LogP contribution < -0.4 is 9.47 Å². The summed E-state index contributed by atoms with van der Waals surface area (Å²) in [6.07, 6.45) is 0.942. The van der Waals surface area contributed by atoms with E-state index in [4.69, 9.17) is 19.4 Å². The van der Waals surface area contributed by atoms with Gasteiger partial charge in [0, 0.05) is 29.8 Å². The molecule has 1 heterocycles. The number of halogens is 4. The quantitative estimate of drug-likeness (QED) is 0.233. The molecule has 0 fully saturated rings. The average Bonchev–Trinajstić information content (AvgIpc) is 3.23. The molecule has 10 heteroatoms. The van der Waals surface area contributed by atoms with E-state index in [1.165, 1.54) is 23.8 Å². The van der Waals surface area contributed by atoms with Gasteiger partial charge in [-0.15, -0.1) is 0 Å². The summed E-state index contributed by atoms with van der Waals surface area (Å²) in [4.78, 5) is 12.6. The first kappa shape index (κ1) is 29.9. The lowest BCUT2D eigenvalue weighted by Gasteiger charge is -2.18. The Bertz CT molecular complexity index is 1290. The van der Waals surface area contributed by atoms with Gasteiger partial charge in [-0.05, 0) is 79.1 Å². The Hall–Kier alpha value is -3.66. The van der Waals surface area contributed by atoms with Gasteiger partial charge in [0.1, 0.15) is 12.4 Å². The van der Waals surface area contributed by atoms with Crippen LogP contribution in [0.3, 0.4) is 0 Å². The maximum absolute atomic E-state index is 14.7. The first-order valence-electron chi connectivity index (χ1n) is 12.4. The van der Waals surface area contributed by atoms with Crippen LogP contribution >= 0.6 is 0 Å². The zero-order valence-electron chi connectivity index (χ0n) is 21.9. The van der Waals surface area contributed by atoms with Gasteiger partial charge in [0.2, 0.25) is 5.88 Å². The van der Waals surface area contributed by atoms with Crippen LogP contribution in [0.5, 0.6) is 11.6 Å². The van der Waals surface area contributed by atoms with Crippen LogP contribution in [0.4, 0.5) is 17.6 Å². The van der Waals surface area contributed by atoms with Crippen molar-refractivity contribution < 1.29 is 42.0 Å². The van der Waals surface area contributed by atoms with Gasteiger partial charge in [-0.3, -0.25) is 4.79 Å². The molecule has 1 aliphatic carbocycles. The minimum atomic E-state index is -2.96. The standard InChI is InChI=1S/C28H29F4NO3.CH2O2/c1-16-8-18-12-26(33-14-19(18)9-16)36-15-20-10-21(22(27(31)32)13-23(20)29)17-4-5-25(24(30)11-17)35-7-6-28(2,3)34;2-1-3/h4-5,10-14,16,27,34H,6-9,15H2,1-3H3;1H,(H,2,3). The van der Waals surface area contributed by atoms with Crippen LogP contribution in [-0.4, -0.2) is 33.9 Å². The topological polar surface area (TPSA) is 88.9 Å². The van der Waals surface area contributed by atoms with Gasteiger partial charge < -0.3 is 19.7 Å². The molecule has 39 heavy (non-hydrogen) atoms. The molecular formula is C29H31F4NO5. The molecule has 0 amide bonds. The summed E-state index contributed by atoms with van der Waals surface area (Å²) < 4.78 is 68.0. The van der Waals surface area contributed by atoms with Crippen LogP contribution in [0.1, 0.15) is 55.9 Å². The lowest BCUT2D eigenvalue weighted by molar-refractivity contribution is -0.122. The maximum atomic E-state index is 14.7. The second-order valence-electron chi connectivity index (χ2n) is 10.1. The number of hydrogen-bond donors (Lipinski definition) is 2. The summed E-state index contributed by atoms with van der Waals surface area (Å²) in [5.74, 6) is -0.791. The summed E-state index contributed by atoms with van der Waals surface area (Å²) in [6.45, 7) is 4.98. The molecule has 3 aromatic rings. The predicted molar refractivity (Wildman–Crippen MR) is 137 cm³/mol. The molecular weight excluding hydrogens is 518 g/mol. The van der Waals surface area contributed by atoms with Gasteiger partial charge in [0.05, 0.1) is 12.2 Å². The number of alkyl halides is 2. The molecule has 1 aromatic heterocycles. The average molecular weight is 550 g/mol. The number of benzene rings is 2. The van der Waals surface area contributed by atoms with Gasteiger partial charge >= 0.3 is 0 Å². The van der Waals surface area contributed by atoms with Crippen molar-refractivity contribution in [1.82, 2.24) is 4.98 Å². The van der Waals surface area contributed by atoms with Crippen molar-refractivity contribution in [2.75, 3.05) is 6.61 Å². The number of nitrogens with zero attached hydrogens (tertiary/aromatic N) is 1. The Morgan fingerprint density at radius 3 is 2.41 bits per heavy atom. The third-order valence-electron chi connectivity index (χ3n) is 6.24. The smallest absolute Gasteiger partial charge is 0.290 e. The van der Waals surface area contributed by atoms with E-state index in [1.807, 2.05) is 6.07 Å². The normalized spacial score (nSPS) is 14.4. The summed E-state index contributed by atoms with van der Waals surface area (Å²) in [6, 6.07) is 7.70. The number of aliphatic hydroxyl groups is 1. The minimum Gasteiger partial charge on any atom is -0.490 e. The van der Waals surface area contributed by atoms with Crippen LogP contribution in [0.2, 0.25) is 0 Å². The van der Waals surface area contributed by atoms with Crippen molar-refractivity contribution in [2.45, 2.75) is 58.7 Å². The lowest BCUT2D eigenvalue weighted by atomic mass is 9.96. The zero-order chi connectivity index (χ0) is 28.7. The highest BCUT2D eigenvalue weighted by Crippen LogP contribution is 2.36. The molecule has 0 saturated carbocycles. The second kappa shape index (κ2) is 12.9. The fourth-order valence-corrected chi connectivity index (χ4v) is 4.30. The number of rotatable bonds is 9. The molecule has 0 radical (unpaired) electrons. The fraction of sp³-hybridized carbons (Fsp3) is 0.379. The summed E-state index contributed by atoms with van der Waals surface area (Å²) in [5.41, 5.74) is 1.00. The second-order valence-corrected chi connectivity index (χ2v) is 10.1. The molecule has 0 spiro atoms. The Morgan fingerprint density at radius 2 is 1.77 bits per heavy atom. The zero-order valence-corrected chi connectivity index (χ0v) is 21.9. The highest BCUT2D eigenvalue weighted by molar-refractivity contribution is 5.69. The molecule has 0 aliphatic heterocycles. The van der Waals surface area contributed by atoms with Gasteiger partial charge in [0.25, 0.3) is 12.9 Å². The lowest BCUT2D eigenvalue weighted by Crippen LogP contribution is -2.21. The van der Waals surface area contributed by atoms with Crippen molar-refractivity contribution in [3.8, 4) is 22.8 Å². The van der Waals surface area contributed by atoms with Crippen molar-refractivity contribution in [3.63, 3.8) is 0 Å². The molecule has 6 nitrogen and oxygen atoms in total. The third kappa shape index (κ3) is 8.16. The minimum absolute atomic E-state index is 0.00248. The van der Waals surface area contributed by atoms with E-state index in [0.29, 0.717) is 11.8 Å². The predicted octanol–water partition coefficient (Wildman–Crippen LogP) is 6.52. The molecule has 2 aromatic carbocycles. The van der Waals surface area contributed by atoms with Crippen molar-refractivity contribution in [2.24, 2.45) is 5.92 Å². The summed E-state index contributed by atoms with van der Waals surface area (Å²) >= 11 is 0. The van der Waals surface area contributed by atoms with Gasteiger partial charge in [0.15, 0.2) is 11.6 Å². The van der Waals surface area contributed by atoms with E-state index < -0.39 is 29.2 Å². The Morgan fingerprint density at radius 1 is 1.08 bits per heavy atom. The molecule has 0 saturated heterocycles. The van der Waals surface area contributed by atoms with E-state index in [9.17, 15) is 22.7 Å². The van der Waals surface area contributed by atoms with E-state index >= 15 is 0 Å². The van der Waals surface area contributed by atoms with Crippen LogP contribution in [0, 0.1) is 17.6 Å². The monoisotopic (exact) mass is 549 g/mol. The Kier molecular flexibility index (Phi) is 9.91. The molecule has 1 atom stereocenters.